The van der Waals surface area contributed by atoms with E-state index in [0.29, 0.717) is 17.6 Å². The number of thiophene rings is 1. The van der Waals surface area contributed by atoms with Crippen LogP contribution in [0.2, 0.25) is 0 Å². The summed E-state index contributed by atoms with van der Waals surface area (Å²) in [5.41, 5.74) is -0.561. The summed E-state index contributed by atoms with van der Waals surface area (Å²) >= 11 is 1.29. The average molecular weight is 549 g/mol. The Morgan fingerprint density at radius 2 is 1.59 bits per heavy atom. The third-order valence-corrected chi connectivity index (χ3v) is 9.59. The maximum absolute atomic E-state index is 14.0. The minimum atomic E-state index is -4.90. The standard InChI is InChI=1S/C27H24F4N2O2S2/c28-24-13-12-19(16-23(24)27(29,30)31)17-33(37(34,35)20-8-2-1-3-9-20)26-22(18-32-14-6-7-15-32)21-10-4-5-11-25(21)36-26/h1-5,8-13,16H,6-7,14-15,17-18H2. The van der Waals surface area contributed by atoms with Gasteiger partial charge in [0, 0.05) is 16.8 Å². The second kappa shape index (κ2) is 10.1. The summed E-state index contributed by atoms with van der Waals surface area (Å²) in [4.78, 5) is 2.28. The van der Waals surface area contributed by atoms with Crippen LogP contribution in [0.5, 0.6) is 0 Å². The van der Waals surface area contributed by atoms with Gasteiger partial charge in [-0.2, -0.15) is 13.2 Å². The number of rotatable bonds is 7. The lowest BCUT2D eigenvalue weighted by atomic mass is 10.1. The summed E-state index contributed by atoms with van der Waals surface area (Å²) in [6, 6.07) is 18.0. The molecule has 0 N–H and O–H groups in total. The predicted octanol–water partition coefficient (Wildman–Crippen LogP) is 7.05. The first-order chi connectivity index (χ1) is 17.6. The second-order valence-corrected chi connectivity index (χ2v) is 11.9. The first-order valence-corrected chi connectivity index (χ1v) is 14.1. The molecule has 0 unspecified atom stereocenters. The fraction of sp³-hybridized carbons (Fsp3) is 0.259. The number of nitrogens with zero attached hydrogens (tertiary/aromatic N) is 2. The quantitative estimate of drug-likeness (QED) is 0.233. The molecule has 1 saturated heterocycles. The molecule has 1 fully saturated rings. The number of alkyl halides is 3. The zero-order valence-corrected chi connectivity index (χ0v) is 21.3. The smallest absolute Gasteiger partial charge is 0.299 e. The SMILES string of the molecule is O=S(=O)(c1ccccc1)N(Cc1ccc(F)c(C(F)(F)F)c1)c1sc2ccccc2c1CN1CCCC1. The summed E-state index contributed by atoms with van der Waals surface area (Å²) in [5.74, 6) is -1.40. The van der Waals surface area contributed by atoms with Crippen LogP contribution < -0.4 is 4.31 Å². The summed E-state index contributed by atoms with van der Waals surface area (Å²) in [6.07, 6.45) is -2.79. The van der Waals surface area contributed by atoms with Gasteiger partial charge in [-0.15, -0.1) is 11.3 Å². The molecule has 1 aromatic heterocycles. The molecule has 0 bridgehead atoms. The Labute approximate surface area is 216 Å². The number of likely N-dealkylation sites (tertiary alicyclic amines) is 1. The van der Waals surface area contributed by atoms with Crippen molar-refractivity contribution in [2.75, 3.05) is 17.4 Å². The fourth-order valence-corrected chi connectivity index (χ4v) is 7.57. The van der Waals surface area contributed by atoms with Crippen molar-refractivity contribution in [1.82, 2.24) is 4.90 Å². The molecule has 1 aliphatic rings. The van der Waals surface area contributed by atoms with Crippen LogP contribution >= 0.6 is 11.3 Å². The van der Waals surface area contributed by atoms with E-state index in [1.54, 1.807) is 18.2 Å². The lowest BCUT2D eigenvalue weighted by Crippen LogP contribution is -2.31. The van der Waals surface area contributed by atoms with E-state index in [-0.39, 0.29) is 17.0 Å². The highest BCUT2D eigenvalue weighted by Gasteiger charge is 2.35. The number of anilines is 1. The van der Waals surface area contributed by atoms with E-state index in [2.05, 4.69) is 4.90 Å². The van der Waals surface area contributed by atoms with Crippen LogP contribution in [0.1, 0.15) is 29.5 Å². The zero-order chi connectivity index (χ0) is 26.2. The van der Waals surface area contributed by atoms with Crippen molar-refractivity contribution in [1.29, 1.82) is 0 Å². The number of benzene rings is 3. The van der Waals surface area contributed by atoms with Crippen LogP contribution in [0, 0.1) is 5.82 Å². The molecule has 0 aliphatic carbocycles. The van der Waals surface area contributed by atoms with Crippen LogP contribution in [-0.4, -0.2) is 26.4 Å². The molecular weight excluding hydrogens is 524 g/mol. The minimum absolute atomic E-state index is 0.0257. The van der Waals surface area contributed by atoms with E-state index in [4.69, 9.17) is 0 Å². The van der Waals surface area contributed by atoms with Gasteiger partial charge in [0.1, 0.15) is 10.8 Å². The van der Waals surface area contributed by atoms with Gasteiger partial charge in [0.2, 0.25) is 0 Å². The summed E-state index contributed by atoms with van der Waals surface area (Å²) in [7, 11) is -4.16. The van der Waals surface area contributed by atoms with Gasteiger partial charge >= 0.3 is 6.18 Å². The van der Waals surface area contributed by atoms with E-state index in [9.17, 15) is 26.0 Å². The molecule has 5 rings (SSSR count). The lowest BCUT2D eigenvalue weighted by molar-refractivity contribution is -0.140. The van der Waals surface area contributed by atoms with Gasteiger partial charge in [-0.25, -0.2) is 12.8 Å². The highest BCUT2D eigenvalue weighted by Crippen LogP contribution is 2.42. The Kier molecular flexibility index (Phi) is 6.99. The Morgan fingerprint density at radius 3 is 2.30 bits per heavy atom. The maximum Gasteiger partial charge on any atom is 0.419 e. The van der Waals surface area contributed by atoms with Gasteiger partial charge in [-0.1, -0.05) is 42.5 Å². The van der Waals surface area contributed by atoms with E-state index >= 15 is 0 Å². The number of hydrogen-bond acceptors (Lipinski definition) is 4. The summed E-state index contributed by atoms with van der Waals surface area (Å²) < 4.78 is 84.3. The molecule has 0 amide bonds. The molecule has 0 radical (unpaired) electrons. The predicted molar refractivity (Wildman–Crippen MR) is 138 cm³/mol. The van der Waals surface area contributed by atoms with Crippen molar-refractivity contribution in [2.24, 2.45) is 0 Å². The largest absolute Gasteiger partial charge is 0.419 e. The number of hydrogen-bond donors (Lipinski definition) is 0. The van der Waals surface area contributed by atoms with Crippen LogP contribution in [0.4, 0.5) is 22.6 Å². The van der Waals surface area contributed by atoms with E-state index in [1.807, 2.05) is 24.3 Å². The number of fused-ring (bicyclic) bond motifs is 1. The van der Waals surface area contributed by atoms with Gasteiger partial charge in [0.05, 0.1) is 17.0 Å². The average Bonchev–Trinajstić information content (AvgIpc) is 3.52. The van der Waals surface area contributed by atoms with Gasteiger partial charge in [-0.05, 0) is 67.2 Å². The molecule has 0 spiro atoms. The minimum Gasteiger partial charge on any atom is -0.299 e. The second-order valence-electron chi connectivity index (χ2n) is 9.00. The monoisotopic (exact) mass is 548 g/mol. The molecule has 0 saturated carbocycles. The molecular formula is C27H24F4N2O2S2. The highest BCUT2D eigenvalue weighted by atomic mass is 32.2. The van der Waals surface area contributed by atoms with Gasteiger partial charge < -0.3 is 0 Å². The van der Waals surface area contributed by atoms with Crippen molar-refractivity contribution in [2.45, 2.75) is 37.0 Å². The van der Waals surface area contributed by atoms with Gasteiger partial charge in [0.25, 0.3) is 10.0 Å². The van der Waals surface area contributed by atoms with Crippen molar-refractivity contribution in [3.63, 3.8) is 0 Å². The molecule has 37 heavy (non-hydrogen) atoms. The summed E-state index contributed by atoms with van der Waals surface area (Å²) in [5, 5.41) is 1.37. The van der Waals surface area contributed by atoms with Crippen molar-refractivity contribution < 1.29 is 26.0 Å². The molecule has 4 aromatic rings. The number of halogens is 4. The molecule has 194 valence electrons. The Hall–Kier alpha value is -2.95. The van der Waals surface area contributed by atoms with Crippen LogP contribution in [0.25, 0.3) is 10.1 Å². The molecule has 10 heteroatoms. The molecule has 2 heterocycles. The Morgan fingerprint density at radius 1 is 0.919 bits per heavy atom. The van der Waals surface area contributed by atoms with Crippen LogP contribution in [0.15, 0.2) is 77.7 Å². The van der Waals surface area contributed by atoms with Crippen LogP contribution in [0.3, 0.4) is 0 Å². The van der Waals surface area contributed by atoms with E-state index in [1.165, 1.54) is 33.8 Å². The molecule has 0 atom stereocenters. The molecule has 3 aromatic carbocycles. The molecule has 4 nitrogen and oxygen atoms in total. The number of sulfonamides is 1. The van der Waals surface area contributed by atoms with Crippen LogP contribution in [-0.2, 0) is 29.3 Å². The fourth-order valence-electron chi connectivity index (χ4n) is 4.64. The third-order valence-electron chi connectivity index (χ3n) is 6.48. The third kappa shape index (κ3) is 5.23. The van der Waals surface area contributed by atoms with Crippen molar-refractivity contribution >= 4 is 36.4 Å². The lowest BCUT2D eigenvalue weighted by Gasteiger charge is -2.26. The van der Waals surface area contributed by atoms with Gasteiger partial charge in [0.15, 0.2) is 0 Å². The van der Waals surface area contributed by atoms with Crippen molar-refractivity contribution in [3.8, 4) is 0 Å². The van der Waals surface area contributed by atoms with Crippen molar-refractivity contribution in [3.05, 3.63) is 95.3 Å². The Balaban J connectivity index is 1.67. The van der Waals surface area contributed by atoms with E-state index in [0.717, 1.165) is 47.6 Å². The van der Waals surface area contributed by atoms with E-state index < -0.39 is 27.6 Å². The highest BCUT2D eigenvalue weighted by molar-refractivity contribution is 7.93. The topological polar surface area (TPSA) is 40.6 Å². The first-order valence-electron chi connectivity index (χ1n) is 11.8. The first kappa shape index (κ1) is 25.7. The zero-order valence-electron chi connectivity index (χ0n) is 19.7. The summed E-state index contributed by atoms with van der Waals surface area (Å²) in [6.45, 7) is 1.93. The molecule has 1 aliphatic heterocycles. The Bertz CT molecular complexity index is 1510. The normalized spacial score (nSPS) is 14.9. The maximum atomic E-state index is 14.0. The van der Waals surface area contributed by atoms with Gasteiger partial charge in [-0.3, -0.25) is 9.21 Å².